The van der Waals surface area contributed by atoms with E-state index in [-0.39, 0.29) is 0 Å². The lowest BCUT2D eigenvalue weighted by Crippen LogP contribution is -2.24. The van der Waals surface area contributed by atoms with Crippen molar-refractivity contribution in [3.63, 3.8) is 0 Å². The van der Waals surface area contributed by atoms with E-state index in [9.17, 15) is 16.8 Å². The quantitative estimate of drug-likeness (QED) is 0.763. The maximum atomic E-state index is 11.5. The molecule has 9 heteroatoms. The molecule has 2 aromatic carbocycles. The van der Waals surface area contributed by atoms with Crippen molar-refractivity contribution in [1.29, 1.82) is 0 Å². The van der Waals surface area contributed by atoms with Crippen molar-refractivity contribution in [3.8, 4) is 11.5 Å². The lowest BCUT2D eigenvalue weighted by Gasteiger charge is -2.17. The highest BCUT2D eigenvalue weighted by Crippen LogP contribution is 2.27. The molecule has 0 aliphatic rings. The molecule has 0 amide bonds. The number of sulfonamides is 2. The molecular formula is C16H20N2O5S2. The fourth-order valence-corrected chi connectivity index (χ4v) is 2.98. The monoisotopic (exact) mass is 384 g/mol. The number of hydrogen-bond acceptors (Lipinski definition) is 5. The Morgan fingerprint density at radius 3 is 1.16 bits per heavy atom. The van der Waals surface area contributed by atoms with Crippen molar-refractivity contribution in [3.05, 3.63) is 48.5 Å². The van der Waals surface area contributed by atoms with Gasteiger partial charge in [0.05, 0.1) is 23.9 Å². The van der Waals surface area contributed by atoms with Gasteiger partial charge < -0.3 is 4.74 Å². The highest BCUT2D eigenvalue weighted by atomic mass is 32.2. The smallest absolute Gasteiger partial charge is 0.231 e. The van der Waals surface area contributed by atoms with Crippen LogP contribution in [0.1, 0.15) is 0 Å². The minimum atomic E-state index is -3.31. The summed E-state index contributed by atoms with van der Waals surface area (Å²) >= 11 is 0. The van der Waals surface area contributed by atoms with Crippen LogP contribution in [0.3, 0.4) is 0 Å². The van der Waals surface area contributed by atoms with Crippen molar-refractivity contribution in [2.75, 3.05) is 35.2 Å². The molecule has 0 aromatic heterocycles. The lowest BCUT2D eigenvalue weighted by molar-refractivity contribution is 0.482. The van der Waals surface area contributed by atoms with Gasteiger partial charge in [-0.15, -0.1) is 0 Å². The van der Waals surface area contributed by atoms with Crippen LogP contribution in [-0.2, 0) is 20.0 Å². The molecule has 0 bridgehead atoms. The van der Waals surface area contributed by atoms with E-state index in [1.165, 1.54) is 22.7 Å². The van der Waals surface area contributed by atoms with Crippen molar-refractivity contribution in [2.24, 2.45) is 0 Å². The van der Waals surface area contributed by atoms with Crippen LogP contribution in [0, 0.1) is 0 Å². The van der Waals surface area contributed by atoms with Crippen LogP contribution in [0.4, 0.5) is 11.4 Å². The number of nitrogens with zero attached hydrogens (tertiary/aromatic N) is 2. The molecule has 7 nitrogen and oxygen atoms in total. The first-order valence-corrected chi connectivity index (χ1v) is 10.9. The first kappa shape index (κ1) is 19.1. The van der Waals surface area contributed by atoms with Gasteiger partial charge in [-0.05, 0) is 48.5 Å². The van der Waals surface area contributed by atoms with Gasteiger partial charge in [0, 0.05) is 14.1 Å². The predicted molar refractivity (Wildman–Crippen MR) is 99.5 cm³/mol. The Bertz CT molecular complexity index is 858. The van der Waals surface area contributed by atoms with Gasteiger partial charge in [-0.2, -0.15) is 0 Å². The third-order valence-electron chi connectivity index (χ3n) is 3.63. The summed E-state index contributed by atoms with van der Waals surface area (Å²) in [7, 11) is -3.68. The average molecular weight is 384 g/mol. The van der Waals surface area contributed by atoms with Gasteiger partial charge in [0.15, 0.2) is 0 Å². The third-order valence-corrected chi connectivity index (χ3v) is 6.04. The van der Waals surface area contributed by atoms with E-state index in [0.29, 0.717) is 22.9 Å². The zero-order valence-electron chi connectivity index (χ0n) is 14.4. The number of rotatable bonds is 6. The molecule has 0 heterocycles. The predicted octanol–water partition coefficient (Wildman–Crippen LogP) is 2.27. The van der Waals surface area contributed by atoms with Gasteiger partial charge in [0.2, 0.25) is 20.0 Å². The molecule has 0 saturated carbocycles. The molecule has 0 radical (unpaired) electrons. The summed E-state index contributed by atoms with van der Waals surface area (Å²) in [5, 5.41) is 0. The third kappa shape index (κ3) is 4.86. The first-order chi connectivity index (χ1) is 11.5. The zero-order chi connectivity index (χ0) is 18.8. The molecule has 0 aliphatic heterocycles. The second kappa shape index (κ2) is 6.93. The average Bonchev–Trinajstić information content (AvgIpc) is 2.53. The summed E-state index contributed by atoms with van der Waals surface area (Å²) in [6.07, 6.45) is 2.26. The molecule has 136 valence electrons. The van der Waals surface area contributed by atoms with Crippen LogP contribution >= 0.6 is 0 Å². The second-order valence-electron chi connectivity index (χ2n) is 5.55. The topological polar surface area (TPSA) is 84.0 Å². The first-order valence-electron chi connectivity index (χ1n) is 7.24. The van der Waals surface area contributed by atoms with Crippen LogP contribution in [-0.4, -0.2) is 43.4 Å². The van der Waals surface area contributed by atoms with E-state index in [1.54, 1.807) is 48.5 Å². The number of anilines is 2. The molecule has 0 saturated heterocycles. The Hall–Kier alpha value is -2.26. The summed E-state index contributed by atoms with van der Waals surface area (Å²) in [5.41, 5.74) is 1.06. The summed E-state index contributed by atoms with van der Waals surface area (Å²) in [6, 6.07) is 13.2. The van der Waals surface area contributed by atoms with Crippen molar-refractivity contribution >= 4 is 31.4 Å². The fraction of sp³-hybridized carbons (Fsp3) is 0.250. The summed E-state index contributed by atoms with van der Waals surface area (Å²) in [6.45, 7) is 0. The minimum absolute atomic E-state index is 0.528. The Kier molecular flexibility index (Phi) is 5.28. The Morgan fingerprint density at radius 2 is 0.920 bits per heavy atom. The standard InChI is InChI=1S/C16H20N2O5S2/c1-17(24(3,19)20)13-5-9-15(10-6-13)23-16-11-7-14(8-12-16)18(2)25(4,21)22/h5-12H,1-4H3. The molecule has 2 aromatic rings. The molecular weight excluding hydrogens is 364 g/mol. The van der Waals surface area contributed by atoms with E-state index in [0.717, 1.165) is 12.5 Å². The van der Waals surface area contributed by atoms with Gasteiger partial charge >= 0.3 is 0 Å². The molecule has 0 N–H and O–H groups in total. The fourth-order valence-electron chi connectivity index (χ4n) is 1.97. The molecule has 0 atom stereocenters. The molecule has 0 aliphatic carbocycles. The van der Waals surface area contributed by atoms with Crippen LogP contribution < -0.4 is 13.3 Å². The maximum Gasteiger partial charge on any atom is 0.231 e. The van der Waals surface area contributed by atoms with E-state index in [1.807, 2.05) is 0 Å². The highest BCUT2D eigenvalue weighted by Gasteiger charge is 2.13. The van der Waals surface area contributed by atoms with Crippen molar-refractivity contribution in [2.45, 2.75) is 0 Å². The van der Waals surface area contributed by atoms with Crippen LogP contribution in [0.25, 0.3) is 0 Å². The SMILES string of the molecule is CN(c1ccc(Oc2ccc(N(C)S(C)(=O)=O)cc2)cc1)S(C)(=O)=O. The van der Waals surface area contributed by atoms with Crippen molar-refractivity contribution in [1.82, 2.24) is 0 Å². The van der Waals surface area contributed by atoms with E-state index in [2.05, 4.69) is 0 Å². The number of ether oxygens (including phenoxy) is 1. The zero-order valence-corrected chi connectivity index (χ0v) is 16.0. The highest BCUT2D eigenvalue weighted by molar-refractivity contribution is 7.92. The van der Waals surface area contributed by atoms with Gasteiger partial charge in [0.25, 0.3) is 0 Å². The van der Waals surface area contributed by atoms with Crippen molar-refractivity contribution < 1.29 is 21.6 Å². The lowest BCUT2D eigenvalue weighted by atomic mass is 10.3. The number of benzene rings is 2. The van der Waals surface area contributed by atoms with Gasteiger partial charge in [-0.1, -0.05) is 0 Å². The Balaban J connectivity index is 2.13. The van der Waals surface area contributed by atoms with E-state index >= 15 is 0 Å². The Morgan fingerprint density at radius 1 is 0.640 bits per heavy atom. The summed E-state index contributed by atoms with van der Waals surface area (Å²) in [5.74, 6) is 1.07. The van der Waals surface area contributed by atoms with Crippen LogP contribution in [0.15, 0.2) is 48.5 Å². The maximum absolute atomic E-state index is 11.5. The van der Waals surface area contributed by atoms with Gasteiger partial charge in [0.1, 0.15) is 11.5 Å². The van der Waals surface area contributed by atoms with E-state index < -0.39 is 20.0 Å². The summed E-state index contributed by atoms with van der Waals surface area (Å²) < 4.78 is 54.1. The normalized spacial score (nSPS) is 11.8. The largest absolute Gasteiger partial charge is 0.457 e. The molecule has 0 spiro atoms. The number of hydrogen-bond donors (Lipinski definition) is 0. The second-order valence-corrected chi connectivity index (χ2v) is 9.58. The van der Waals surface area contributed by atoms with Crippen LogP contribution in [0.2, 0.25) is 0 Å². The molecule has 2 rings (SSSR count). The summed E-state index contributed by atoms with van der Waals surface area (Å²) in [4.78, 5) is 0. The molecule has 0 unspecified atom stereocenters. The molecule has 25 heavy (non-hydrogen) atoms. The van der Waals surface area contributed by atoms with Gasteiger partial charge in [-0.25, -0.2) is 16.8 Å². The van der Waals surface area contributed by atoms with Gasteiger partial charge in [-0.3, -0.25) is 8.61 Å². The Labute approximate surface area is 148 Å². The minimum Gasteiger partial charge on any atom is -0.457 e. The molecule has 0 fully saturated rings. The van der Waals surface area contributed by atoms with Crippen LogP contribution in [0.5, 0.6) is 11.5 Å². The van der Waals surface area contributed by atoms with E-state index in [4.69, 9.17) is 4.74 Å².